The number of amides is 2. The topological polar surface area (TPSA) is 32.3 Å². The van der Waals surface area contributed by atoms with Gasteiger partial charge in [0.25, 0.3) is 0 Å². The zero-order chi connectivity index (χ0) is 10.6. The predicted octanol–water partition coefficient (Wildman–Crippen LogP) is 2.37. The Labute approximate surface area is 86.9 Å². The standard InChI is InChI=1S/C11H22N2O/c1-4-13(9(2)3)11(14)12-10-7-5-6-8-10/h9-10H,4-8H2,1-3H3,(H,12,14). The Hall–Kier alpha value is -0.730. The van der Waals surface area contributed by atoms with E-state index in [1.54, 1.807) is 0 Å². The van der Waals surface area contributed by atoms with Gasteiger partial charge in [0, 0.05) is 18.6 Å². The van der Waals surface area contributed by atoms with E-state index in [0.717, 1.165) is 19.4 Å². The minimum absolute atomic E-state index is 0.106. The summed E-state index contributed by atoms with van der Waals surface area (Å²) in [7, 11) is 0. The number of hydrogen-bond donors (Lipinski definition) is 1. The summed E-state index contributed by atoms with van der Waals surface area (Å²) in [6, 6.07) is 0.825. The van der Waals surface area contributed by atoms with Crippen molar-refractivity contribution in [3.8, 4) is 0 Å². The van der Waals surface area contributed by atoms with Gasteiger partial charge in [-0.15, -0.1) is 0 Å². The highest BCUT2D eigenvalue weighted by atomic mass is 16.2. The van der Waals surface area contributed by atoms with Gasteiger partial charge < -0.3 is 10.2 Å². The van der Waals surface area contributed by atoms with Gasteiger partial charge in [0.15, 0.2) is 0 Å². The first kappa shape index (κ1) is 11.3. The normalized spacial score (nSPS) is 17.4. The van der Waals surface area contributed by atoms with Crippen LogP contribution in [0.2, 0.25) is 0 Å². The first-order valence-corrected chi connectivity index (χ1v) is 5.72. The Morgan fingerprint density at radius 1 is 1.43 bits per heavy atom. The summed E-state index contributed by atoms with van der Waals surface area (Å²) in [5, 5.41) is 3.10. The van der Waals surface area contributed by atoms with Crippen LogP contribution in [0.3, 0.4) is 0 Å². The van der Waals surface area contributed by atoms with Crippen molar-refractivity contribution in [2.45, 2.75) is 58.5 Å². The predicted molar refractivity (Wildman–Crippen MR) is 58.3 cm³/mol. The molecule has 0 atom stereocenters. The summed E-state index contributed by atoms with van der Waals surface area (Å²) >= 11 is 0. The first-order chi connectivity index (χ1) is 6.65. The molecule has 0 aromatic rings. The number of carbonyl (C=O) groups is 1. The molecule has 0 aromatic carbocycles. The second-order valence-corrected chi connectivity index (χ2v) is 4.31. The van der Waals surface area contributed by atoms with Gasteiger partial charge in [0.2, 0.25) is 0 Å². The zero-order valence-corrected chi connectivity index (χ0v) is 9.55. The van der Waals surface area contributed by atoms with Crippen molar-refractivity contribution in [3.05, 3.63) is 0 Å². The van der Waals surface area contributed by atoms with Gasteiger partial charge in [-0.25, -0.2) is 4.79 Å². The lowest BCUT2D eigenvalue weighted by Crippen LogP contribution is -2.46. The smallest absolute Gasteiger partial charge is 0.317 e. The number of nitrogens with one attached hydrogen (secondary N) is 1. The van der Waals surface area contributed by atoms with Crippen LogP contribution in [0.1, 0.15) is 46.5 Å². The SMILES string of the molecule is CCN(C(=O)NC1CCCC1)C(C)C. The van der Waals surface area contributed by atoms with Crippen molar-refractivity contribution in [3.63, 3.8) is 0 Å². The molecule has 0 unspecified atom stereocenters. The molecule has 0 aromatic heterocycles. The highest BCUT2D eigenvalue weighted by molar-refractivity contribution is 5.74. The minimum atomic E-state index is 0.106. The highest BCUT2D eigenvalue weighted by Gasteiger charge is 2.21. The molecule has 14 heavy (non-hydrogen) atoms. The van der Waals surface area contributed by atoms with E-state index in [-0.39, 0.29) is 6.03 Å². The van der Waals surface area contributed by atoms with E-state index in [9.17, 15) is 4.79 Å². The monoisotopic (exact) mass is 198 g/mol. The fourth-order valence-electron chi connectivity index (χ4n) is 2.07. The molecule has 2 amide bonds. The van der Waals surface area contributed by atoms with E-state index in [4.69, 9.17) is 0 Å². The Balaban J connectivity index is 2.38. The molecule has 1 aliphatic carbocycles. The molecule has 82 valence electrons. The maximum absolute atomic E-state index is 11.8. The lowest BCUT2D eigenvalue weighted by atomic mass is 10.2. The van der Waals surface area contributed by atoms with Crippen LogP contribution in [0.4, 0.5) is 4.79 Å². The molecular weight excluding hydrogens is 176 g/mol. The van der Waals surface area contributed by atoms with Crippen molar-refractivity contribution in [1.82, 2.24) is 10.2 Å². The summed E-state index contributed by atoms with van der Waals surface area (Å²) in [5.41, 5.74) is 0. The number of carbonyl (C=O) groups excluding carboxylic acids is 1. The molecule has 0 spiro atoms. The van der Waals surface area contributed by atoms with Gasteiger partial charge >= 0.3 is 6.03 Å². The van der Waals surface area contributed by atoms with E-state index < -0.39 is 0 Å². The van der Waals surface area contributed by atoms with Crippen molar-refractivity contribution >= 4 is 6.03 Å². The van der Waals surface area contributed by atoms with Gasteiger partial charge in [0.1, 0.15) is 0 Å². The molecule has 3 heteroatoms. The minimum Gasteiger partial charge on any atom is -0.335 e. The molecule has 0 saturated heterocycles. The number of nitrogens with zero attached hydrogens (tertiary/aromatic N) is 1. The van der Waals surface area contributed by atoms with Crippen molar-refractivity contribution < 1.29 is 4.79 Å². The summed E-state index contributed by atoms with van der Waals surface area (Å²) in [6.07, 6.45) is 4.83. The lowest BCUT2D eigenvalue weighted by Gasteiger charge is -2.27. The maximum atomic E-state index is 11.8. The molecule has 1 aliphatic rings. The molecule has 3 nitrogen and oxygen atoms in total. The Bertz CT molecular complexity index is 186. The van der Waals surface area contributed by atoms with Crippen LogP contribution in [0.15, 0.2) is 0 Å². The Kier molecular flexibility index (Phi) is 4.23. The van der Waals surface area contributed by atoms with E-state index in [0.29, 0.717) is 12.1 Å². The third kappa shape index (κ3) is 2.89. The summed E-state index contributed by atoms with van der Waals surface area (Å²) in [5.74, 6) is 0. The van der Waals surface area contributed by atoms with E-state index in [1.807, 2.05) is 11.8 Å². The van der Waals surface area contributed by atoms with Gasteiger partial charge in [-0.05, 0) is 33.6 Å². The zero-order valence-electron chi connectivity index (χ0n) is 9.55. The lowest BCUT2D eigenvalue weighted by molar-refractivity contribution is 0.183. The molecule has 0 bridgehead atoms. The van der Waals surface area contributed by atoms with E-state index in [2.05, 4.69) is 19.2 Å². The van der Waals surface area contributed by atoms with Gasteiger partial charge in [-0.1, -0.05) is 12.8 Å². The largest absolute Gasteiger partial charge is 0.335 e. The molecule has 1 fully saturated rings. The van der Waals surface area contributed by atoms with Gasteiger partial charge in [0.05, 0.1) is 0 Å². The number of urea groups is 1. The summed E-state index contributed by atoms with van der Waals surface area (Å²) in [4.78, 5) is 13.7. The second kappa shape index (κ2) is 5.23. The highest BCUT2D eigenvalue weighted by Crippen LogP contribution is 2.17. The Morgan fingerprint density at radius 2 is 2.00 bits per heavy atom. The van der Waals surface area contributed by atoms with Gasteiger partial charge in [-0.3, -0.25) is 0 Å². The first-order valence-electron chi connectivity index (χ1n) is 5.72. The van der Waals surface area contributed by atoms with Crippen LogP contribution >= 0.6 is 0 Å². The molecule has 1 rings (SSSR count). The maximum Gasteiger partial charge on any atom is 0.317 e. The summed E-state index contributed by atoms with van der Waals surface area (Å²) in [6.45, 7) is 6.92. The third-order valence-corrected chi connectivity index (χ3v) is 2.91. The molecular formula is C11H22N2O. The fourth-order valence-corrected chi connectivity index (χ4v) is 2.07. The third-order valence-electron chi connectivity index (χ3n) is 2.91. The fraction of sp³-hybridized carbons (Fsp3) is 0.909. The van der Waals surface area contributed by atoms with Crippen molar-refractivity contribution in [1.29, 1.82) is 0 Å². The summed E-state index contributed by atoms with van der Waals surface area (Å²) < 4.78 is 0. The van der Waals surface area contributed by atoms with Crippen LogP contribution in [0.5, 0.6) is 0 Å². The van der Waals surface area contributed by atoms with E-state index >= 15 is 0 Å². The van der Waals surface area contributed by atoms with Crippen LogP contribution < -0.4 is 5.32 Å². The molecule has 0 radical (unpaired) electrons. The average molecular weight is 198 g/mol. The van der Waals surface area contributed by atoms with Crippen LogP contribution in [0, 0.1) is 0 Å². The van der Waals surface area contributed by atoms with Crippen LogP contribution in [-0.2, 0) is 0 Å². The number of hydrogen-bond acceptors (Lipinski definition) is 1. The second-order valence-electron chi connectivity index (χ2n) is 4.31. The van der Waals surface area contributed by atoms with Crippen LogP contribution in [0.25, 0.3) is 0 Å². The molecule has 1 saturated carbocycles. The Morgan fingerprint density at radius 3 is 2.43 bits per heavy atom. The molecule has 0 heterocycles. The van der Waals surface area contributed by atoms with Crippen molar-refractivity contribution in [2.24, 2.45) is 0 Å². The van der Waals surface area contributed by atoms with E-state index in [1.165, 1.54) is 12.8 Å². The molecule has 0 aliphatic heterocycles. The van der Waals surface area contributed by atoms with Crippen LogP contribution in [-0.4, -0.2) is 29.6 Å². The average Bonchev–Trinajstić information content (AvgIpc) is 2.57. The number of rotatable bonds is 3. The molecule has 1 N–H and O–H groups in total. The quantitative estimate of drug-likeness (QED) is 0.742. The van der Waals surface area contributed by atoms with Gasteiger partial charge in [-0.2, -0.15) is 0 Å². The van der Waals surface area contributed by atoms with Crippen molar-refractivity contribution in [2.75, 3.05) is 6.54 Å².